The Labute approximate surface area is 157 Å². The number of aryl methyl sites for hydroxylation is 1. The van der Waals surface area contributed by atoms with Gasteiger partial charge in [0, 0.05) is 44.0 Å². The van der Waals surface area contributed by atoms with Crippen molar-refractivity contribution < 1.29 is 4.74 Å². The van der Waals surface area contributed by atoms with Crippen LogP contribution in [0.3, 0.4) is 0 Å². The van der Waals surface area contributed by atoms with Crippen molar-refractivity contribution in [3.8, 4) is 17.1 Å². The predicted molar refractivity (Wildman–Crippen MR) is 104 cm³/mol. The van der Waals surface area contributed by atoms with Gasteiger partial charge in [0.25, 0.3) is 5.56 Å². The predicted octanol–water partition coefficient (Wildman–Crippen LogP) is 2.71. The monoisotopic (exact) mass is 362 g/mol. The minimum absolute atomic E-state index is 0.0533. The van der Waals surface area contributed by atoms with Crippen molar-refractivity contribution in [2.24, 2.45) is 0 Å². The zero-order valence-electron chi connectivity index (χ0n) is 15.5. The van der Waals surface area contributed by atoms with Gasteiger partial charge in [-0.3, -0.25) is 14.7 Å². The highest BCUT2D eigenvalue weighted by Gasteiger charge is 2.21. The molecule has 0 saturated heterocycles. The summed E-state index contributed by atoms with van der Waals surface area (Å²) in [5.74, 6) is 1.51. The molecule has 3 heterocycles. The molecule has 0 amide bonds. The molecule has 6 nitrogen and oxygen atoms in total. The lowest BCUT2D eigenvalue weighted by Crippen LogP contribution is -2.35. The lowest BCUT2D eigenvalue weighted by Gasteiger charge is -2.28. The van der Waals surface area contributed by atoms with Gasteiger partial charge in [-0.05, 0) is 36.2 Å². The van der Waals surface area contributed by atoms with E-state index < -0.39 is 0 Å². The van der Waals surface area contributed by atoms with Crippen LogP contribution in [0.2, 0.25) is 0 Å². The molecule has 0 aliphatic carbocycles. The van der Waals surface area contributed by atoms with E-state index in [1.165, 1.54) is 5.56 Å². The molecule has 4 rings (SSSR count). The Balaban J connectivity index is 1.55. The highest BCUT2D eigenvalue weighted by atomic mass is 16.5. The van der Waals surface area contributed by atoms with Crippen LogP contribution in [0, 0.1) is 6.92 Å². The van der Waals surface area contributed by atoms with Crippen LogP contribution in [0.25, 0.3) is 11.4 Å². The maximum Gasteiger partial charge on any atom is 0.255 e. The zero-order valence-corrected chi connectivity index (χ0v) is 15.5. The van der Waals surface area contributed by atoms with E-state index in [2.05, 4.69) is 27.0 Å². The third-order valence-corrected chi connectivity index (χ3v) is 4.97. The van der Waals surface area contributed by atoms with E-state index in [1.807, 2.05) is 25.1 Å². The van der Waals surface area contributed by atoms with Crippen LogP contribution in [-0.4, -0.2) is 33.5 Å². The molecule has 1 aromatic carbocycles. The Morgan fingerprint density at radius 1 is 1.22 bits per heavy atom. The molecular weight excluding hydrogens is 340 g/mol. The van der Waals surface area contributed by atoms with Crippen molar-refractivity contribution in [3.05, 3.63) is 75.5 Å². The molecule has 1 N–H and O–H groups in total. The number of pyridine rings is 1. The average molecular weight is 362 g/mol. The number of benzene rings is 1. The number of nitrogens with one attached hydrogen (secondary N) is 1. The quantitative estimate of drug-likeness (QED) is 0.773. The van der Waals surface area contributed by atoms with Gasteiger partial charge in [0.1, 0.15) is 11.6 Å². The SMILES string of the molecule is COc1ccc(CN2CCc3nc(-c4ccncc4)[nH]c(=O)c3C2)cc1C. The maximum atomic E-state index is 12.6. The fraction of sp³-hybridized carbons (Fsp3) is 0.286. The van der Waals surface area contributed by atoms with Gasteiger partial charge in [0.05, 0.1) is 18.4 Å². The fourth-order valence-electron chi connectivity index (χ4n) is 3.56. The third kappa shape index (κ3) is 3.61. The van der Waals surface area contributed by atoms with Crippen molar-refractivity contribution in [2.45, 2.75) is 26.4 Å². The van der Waals surface area contributed by atoms with Gasteiger partial charge in [0.15, 0.2) is 0 Å². The fourth-order valence-corrected chi connectivity index (χ4v) is 3.56. The van der Waals surface area contributed by atoms with Crippen molar-refractivity contribution in [1.29, 1.82) is 0 Å². The molecular formula is C21H22N4O2. The highest BCUT2D eigenvalue weighted by Crippen LogP contribution is 2.22. The van der Waals surface area contributed by atoms with Gasteiger partial charge < -0.3 is 9.72 Å². The van der Waals surface area contributed by atoms with E-state index >= 15 is 0 Å². The second kappa shape index (κ2) is 7.32. The number of ether oxygens (including phenoxy) is 1. The van der Waals surface area contributed by atoms with Crippen LogP contribution >= 0.6 is 0 Å². The number of hydrogen-bond acceptors (Lipinski definition) is 5. The normalized spacial score (nSPS) is 14.0. The lowest BCUT2D eigenvalue weighted by atomic mass is 10.0. The number of aromatic amines is 1. The Bertz CT molecular complexity index is 1010. The van der Waals surface area contributed by atoms with Crippen LogP contribution in [0.4, 0.5) is 0 Å². The Kier molecular flexibility index (Phi) is 4.73. The molecule has 1 aliphatic rings. The van der Waals surface area contributed by atoms with Crippen LogP contribution in [0.15, 0.2) is 47.5 Å². The molecule has 0 unspecified atom stereocenters. The number of hydrogen-bond donors (Lipinski definition) is 1. The summed E-state index contributed by atoms with van der Waals surface area (Å²) < 4.78 is 5.33. The van der Waals surface area contributed by atoms with E-state index in [4.69, 9.17) is 9.72 Å². The van der Waals surface area contributed by atoms with Crippen molar-refractivity contribution >= 4 is 0 Å². The Hall–Kier alpha value is -2.99. The molecule has 138 valence electrons. The van der Waals surface area contributed by atoms with E-state index in [-0.39, 0.29) is 5.56 Å². The van der Waals surface area contributed by atoms with Gasteiger partial charge in [0.2, 0.25) is 0 Å². The summed E-state index contributed by atoms with van der Waals surface area (Å²) in [6.45, 7) is 4.34. The number of H-pyrrole nitrogens is 1. The standard InChI is InChI=1S/C21H22N4O2/c1-14-11-15(3-4-19(14)27-2)12-25-10-7-18-17(13-25)21(26)24-20(23-18)16-5-8-22-9-6-16/h3-6,8-9,11H,7,10,12-13H2,1-2H3,(H,23,24,26). The summed E-state index contributed by atoms with van der Waals surface area (Å²) in [5.41, 5.74) is 4.82. The number of methoxy groups -OCH3 is 1. The lowest BCUT2D eigenvalue weighted by molar-refractivity contribution is 0.241. The number of fused-ring (bicyclic) bond motifs is 1. The Morgan fingerprint density at radius 3 is 2.78 bits per heavy atom. The molecule has 6 heteroatoms. The molecule has 1 aliphatic heterocycles. The maximum absolute atomic E-state index is 12.6. The minimum atomic E-state index is -0.0533. The third-order valence-electron chi connectivity index (χ3n) is 4.97. The summed E-state index contributed by atoms with van der Waals surface area (Å²) >= 11 is 0. The van der Waals surface area contributed by atoms with E-state index in [9.17, 15) is 4.79 Å². The van der Waals surface area contributed by atoms with Gasteiger partial charge >= 0.3 is 0 Å². The number of aromatic nitrogens is 3. The van der Waals surface area contributed by atoms with E-state index in [0.29, 0.717) is 12.4 Å². The number of rotatable bonds is 4. The average Bonchev–Trinajstić information content (AvgIpc) is 2.69. The first kappa shape index (κ1) is 17.4. The molecule has 3 aromatic rings. The van der Waals surface area contributed by atoms with Crippen molar-refractivity contribution in [3.63, 3.8) is 0 Å². The molecule has 0 atom stereocenters. The van der Waals surface area contributed by atoms with Crippen LogP contribution in [0.5, 0.6) is 5.75 Å². The largest absolute Gasteiger partial charge is 0.496 e. The van der Waals surface area contributed by atoms with Crippen molar-refractivity contribution in [1.82, 2.24) is 19.9 Å². The van der Waals surface area contributed by atoms with Gasteiger partial charge in [-0.15, -0.1) is 0 Å². The smallest absolute Gasteiger partial charge is 0.255 e. The summed E-state index contributed by atoms with van der Waals surface area (Å²) in [5, 5.41) is 0. The summed E-state index contributed by atoms with van der Waals surface area (Å²) in [6.07, 6.45) is 4.17. The zero-order chi connectivity index (χ0) is 18.8. The highest BCUT2D eigenvalue weighted by molar-refractivity contribution is 5.54. The topological polar surface area (TPSA) is 71.1 Å². The molecule has 2 aromatic heterocycles. The van der Waals surface area contributed by atoms with Crippen LogP contribution in [0.1, 0.15) is 22.4 Å². The molecule has 0 bridgehead atoms. The van der Waals surface area contributed by atoms with Gasteiger partial charge in [-0.25, -0.2) is 4.98 Å². The summed E-state index contributed by atoms with van der Waals surface area (Å²) in [4.78, 5) is 26.6. The Morgan fingerprint density at radius 2 is 2.04 bits per heavy atom. The van der Waals surface area contributed by atoms with Gasteiger partial charge in [-0.2, -0.15) is 0 Å². The molecule has 0 spiro atoms. The summed E-state index contributed by atoms with van der Waals surface area (Å²) in [7, 11) is 1.68. The second-order valence-electron chi connectivity index (χ2n) is 6.84. The van der Waals surface area contributed by atoms with Gasteiger partial charge in [-0.1, -0.05) is 12.1 Å². The second-order valence-corrected chi connectivity index (χ2v) is 6.84. The first-order valence-electron chi connectivity index (χ1n) is 9.02. The number of nitrogens with zero attached hydrogens (tertiary/aromatic N) is 3. The van der Waals surface area contributed by atoms with Crippen molar-refractivity contribution in [2.75, 3.05) is 13.7 Å². The van der Waals surface area contributed by atoms with E-state index in [0.717, 1.165) is 47.6 Å². The molecule has 27 heavy (non-hydrogen) atoms. The first-order chi connectivity index (χ1) is 13.1. The van der Waals surface area contributed by atoms with E-state index in [1.54, 1.807) is 19.5 Å². The molecule has 0 radical (unpaired) electrons. The van der Waals surface area contributed by atoms with Crippen LogP contribution < -0.4 is 10.3 Å². The first-order valence-corrected chi connectivity index (χ1v) is 9.02. The van der Waals surface area contributed by atoms with Crippen LogP contribution in [-0.2, 0) is 19.5 Å². The summed E-state index contributed by atoms with van der Waals surface area (Å²) in [6, 6.07) is 9.93. The minimum Gasteiger partial charge on any atom is -0.496 e. The molecule has 0 fully saturated rings. The molecule has 0 saturated carbocycles.